The van der Waals surface area contributed by atoms with E-state index in [1.54, 1.807) is 4.90 Å². The van der Waals surface area contributed by atoms with Gasteiger partial charge in [-0.2, -0.15) is 0 Å². The zero-order valence-electron chi connectivity index (χ0n) is 12.1. The first-order valence-electron chi connectivity index (χ1n) is 6.69. The molecule has 1 unspecified atom stereocenters. The Kier molecular flexibility index (Phi) is 6.36. The summed E-state index contributed by atoms with van der Waals surface area (Å²) in [5.74, 6) is 0.902. The Hall–Kier alpha value is -1.55. The lowest BCUT2D eigenvalue weighted by atomic mass is 10.2. The fourth-order valence-electron chi connectivity index (χ4n) is 1.82. The molecule has 0 spiro atoms. The van der Waals surface area contributed by atoms with Gasteiger partial charge in [0.15, 0.2) is 0 Å². The lowest BCUT2D eigenvalue weighted by molar-refractivity contribution is -0.132. The molecule has 1 atom stereocenters. The van der Waals surface area contributed by atoms with Gasteiger partial charge in [-0.25, -0.2) is 0 Å². The largest absolute Gasteiger partial charge is 0.493 e. The first-order chi connectivity index (χ1) is 9.04. The van der Waals surface area contributed by atoms with Gasteiger partial charge in [-0.1, -0.05) is 12.1 Å². The SMILES string of the molecule is Cc1cccc(OCCC(=O)N(C)C(C)CCN)c1. The fraction of sp³-hybridized carbons (Fsp3) is 0.533. The summed E-state index contributed by atoms with van der Waals surface area (Å²) < 4.78 is 5.58. The van der Waals surface area contributed by atoms with Gasteiger partial charge in [-0.3, -0.25) is 4.79 Å². The average Bonchev–Trinajstić information content (AvgIpc) is 2.38. The van der Waals surface area contributed by atoms with Crippen LogP contribution in [0.25, 0.3) is 0 Å². The van der Waals surface area contributed by atoms with Crippen molar-refractivity contribution in [2.24, 2.45) is 5.73 Å². The molecule has 4 nitrogen and oxygen atoms in total. The lowest BCUT2D eigenvalue weighted by Crippen LogP contribution is -2.36. The highest BCUT2D eigenvalue weighted by atomic mass is 16.5. The third-order valence-corrected chi connectivity index (χ3v) is 3.21. The standard InChI is InChI=1S/C15H24N2O2/c1-12-5-4-6-14(11-12)19-10-8-15(18)17(3)13(2)7-9-16/h4-6,11,13H,7-10,16H2,1-3H3. The van der Waals surface area contributed by atoms with Crippen molar-refractivity contribution in [3.63, 3.8) is 0 Å². The maximum atomic E-state index is 11.9. The average molecular weight is 264 g/mol. The van der Waals surface area contributed by atoms with Crippen LogP contribution < -0.4 is 10.5 Å². The van der Waals surface area contributed by atoms with Gasteiger partial charge >= 0.3 is 0 Å². The van der Waals surface area contributed by atoms with Crippen LogP contribution in [0.5, 0.6) is 5.75 Å². The summed E-state index contributed by atoms with van der Waals surface area (Å²) >= 11 is 0. The monoisotopic (exact) mass is 264 g/mol. The molecule has 1 aromatic rings. The Morgan fingerprint density at radius 3 is 2.84 bits per heavy atom. The quantitative estimate of drug-likeness (QED) is 0.819. The van der Waals surface area contributed by atoms with E-state index in [2.05, 4.69) is 0 Å². The van der Waals surface area contributed by atoms with Gasteiger partial charge in [0, 0.05) is 13.1 Å². The second kappa shape index (κ2) is 7.79. The van der Waals surface area contributed by atoms with Crippen LogP contribution in [0.3, 0.4) is 0 Å². The van der Waals surface area contributed by atoms with Crippen LogP contribution in [0, 0.1) is 6.92 Å². The number of amides is 1. The van der Waals surface area contributed by atoms with Crippen molar-refractivity contribution in [3.8, 4) is 5.75 Å². The molecule has 0 saturated carbocycles. The van der Waals surface area contributed by atoms with E-state index in [1.165, 1.54) is 0 Å². The van der Waals surface area contributed by atoms with Crippen molar-refractivity contribution >= 4 is 5.91 Å². The van der Waals surface area contributed by atoms with Crippen LogP contribution in [0.2, 0.25) is 0 Å². The summed E-state index contributed by atoms with van der Waals surface area (Å²) in [6.07, 6.45) is 1.21. The van der Waals surface area contributed by atoms with Gasteiger partial charge in [0.1, 0.15) is 5.75 Å². The number of nitrogens with two attached hydrogens (primary N) is 1. The van der Waals surface area contributed by atoms with E-state index in [-0.39, 0.29) is 11.9 Å². The predicted molar refractivity (Wildman–Crippen MR) is 77.2 cm³/mol. The molecule has 0 radical (unpaired) electrons. The molecule has 1 rings (SSSR count). The Morgan fingerprint density at radius 1 is 1.47 bits per heavy atom. The number of carbonyl (C=O) groups is 1. The molecule has 0 aliphatic heterocycles. The maximum absolute atomic E-state index is 11.9. The van der Waals surface area contributed by atoms with Crippen LogP contribution in [0.1, 0.15) is 25.3 Å². The zero-order valence-corrected chi connectivity index (χ0v) is 12.1. The van der Waals surface area contributed by atoms with Crippen molar-refractivity contribution < 1.29 is 9.53 Å². The van der Waals surface area contributed by atoms with Crippen molar-refractivity contribution in [2.45, 2.75) is 32.7 Å². The molecule has 0 heterocycles. The number of aryl methyl sites for hydroxylation is 1. The maximum Gasteiger partial charge on any atom is 0.225 e. The van der Waals surface area contributed by atoms with Gasteiger partial charge in [0.2, 0.25) is 5.91 Å². The van der Waals surface area contributed by atoms with E-state index in [9.17, 15) is 4.79 Å². The highest BCUT2D eigenvalue weighted by Gasteiger charge is 2.14. The first kappa shape index (κ1) is 15.5. The Morgan fingerprint density at radius 2 is 2.21 bits per heavy atom. The van der Waals surface area contributed by atoms with Crippen molar-refractivity contribution in [3.05, 3.63) is 29.8 Å². The second-order valence-electron chi connectivity index (χ2n) is 4.85. The normalized spacial score (nSPS) is 12.0. The fourth-order valence-corrected chi connectivity index (χ4v) is 1.82. The second-order valence-corrected chi connectivity index (χ2v) is 4.85. The topological polar surface area (TPSA) is 55.6 Å². The molecular formula is C15H24N2O2. The van der Waals surface area contributed by atoms with Gasteiger partial charge in [-0.05, 0) is 44.5 Å². The third kappa shape index (κ3) is 5.30. The minimum Gasteiger partial charge on any atom is -0.493 e. The third-order valence-electron chi connectivity index (χ3n) is 3.21. The van der Waals surface area contributed by atoms with E-state index in [0.717, 1.165) is 17.7 Å². The van der Waals surface area contributed by atoms with Crippen LogP contribution in [0.15, 0.2) is 24.3 Å². The van der Waals surface area contributed by atoms with Crippen molar-refractivity contribution in [1.82, 2.24) is 4.90 Å². The van der Waals surface area contributed by atoms with Crippen LogP contribution in [0.4, 0.5) is 0 Å². The Labute approximate surface area is 115 Å². The van der Waals surface area contributed by atoms with Gasteiger partial charge in [-0.15, -0.1) is 0 Å². The molecule has 0 aromatic heterocycles. The van der Waals surface area contributed by atoms with Gasteiger partial charge < -0.3 is 15.4 Å². The smallest absolute Gasteiger partial charge is 0.225 e. The zero-order chi connectivity index (χ0) is 14.3. The van der Waals surface area contributed by atoms with Crippen molar-refractivity contribution in [1.29, 1.82) is 0 Å². The first-order valence-corrected chi connectivity index (χ1v) is 6.69. The van der Waals surface area contributed by atoms with E-state index < -0.39 is 0 Å². The van der Waals surface area contributed by atoms with Crippen molar-refractivity contribution in [2.75, 3.05) is 20.2 Å². The summed E-state index contributed by atoms with van der Waals surface area (Å²) in [6.45, 7) is 5.02. The number of hydrogen-bond acceptors (Lipinski definition) is 3. The Balaban J connectivity index is 2.34. The van der Waals surface area contributed by atoms with Crippen LogP contribution >= 0.6 is 0 Å². The molecule has 2 N–H and O–H groups in total. The van der Waals surface area contributed by atoms with E-state index >= 15 is 0 Å². The van der Waals surface area contributed by atoms with E-state index in [0.29, 0.717) is 19.6 Å². The number of carbonyl (C=O) groups excluding carboxylic acids is 1. The summed E-state index contributed by atoms with van der Waals surface area (Å²) in [7, 11) is 1.81. The molecule has 4 heteroatoms. The van der Waals surface area contributed by atoms with Crippen LogP contribution in [-0.4, -0.2) is 37.0 Å². The summed E-state index contributed by atoms with van der Waals surface area (Å²) in [5, 5.41) is 0. The summed E-state index contributed by atoms with van der Waals surface area (Å²) in [6, 6.07) is 8.00. The number of rotatable bonds is 7. The minimum atomic E-state index is 0.0913. The lowest BCUT2D eigenvalue weighted by Gasteiger charge is -2.24. The molecule has 0 saturated heterocycles. The molecule has 19 heavy (non-hydrogen) atoms. The number of benzene rings is 1. The molecule has 0 bridgehead atoms. The molecule has 0 aliphatic rings. The minimum absolute atomic E-state index is 0.0913. The highest BCUT2D eigenvalue weighted by molar-refractivity contribution is 5.76. The van der Waals surface area contributed by atoms with E-state index in [1.807, 2.05) is 45.2 Å². The highest BCUT2D eigenvalue weighted by Crippen LogP contribution is 2.12. The summed E-state index contributed by atoms with van der Waals surface area (Å²) in [5.41, 5.74) is 6.65. The molecule has 0 fully saturated rings. The number of ether oxygens (including phenoxy) is 1. The molecule has 0 aliphatic carbocycles. The molecule has 106 valence electrons. The molecule has 1 aromatic carbocycles. The Bertz CT molecular complexity index is 407. The molecular weight excluding hydrogens is 240 g/mol. The number of hydrogen-bond donors (Lipinski definition) is 1. The van der Waals surface area contributed by atoms with Crippen LogP contribution in [-0.2, 0) is 4.79 Å². The predicted octanol–water partition coefficient (Wildman–Crippen LogP) is 1.96. The molecule has 1 amide bonds. The van der Waals surface area contributed by atoms with E-state index in [4.69, 9.17) is 10.5 Å². The van der Waals surface area contributed by atoms with Gasteiger partial charge in [0.25, 0.3) is 0 Å². The number of nitrogens with zero attached hydrogens (tertiary/aromatic N) is 1. The van der Waals surface area contributed by atoms with Gasteiger partial charge in [0.05, 0.1) is 13.0 Å². The summed E-state index contributed by atoms with van der Waals surface area (Å²) in [4.78, 5) is 13.7.